The van der Waals surface area contributed by atoms with Crippen molar-refractivity contribution in [3.63, 3.8) is 0 Å². The van der Waals surface area contributed by atoms with Gasteiger partial charge in [0.1, 0.15) is 0 Å². The first kappa shape index (κ1) is 21.3. The van der Waals surface area contributed by atoms with Gasteiger partial charge in [-0.15, -0.1) is 0 Å². The van der Waals surface area contributed by atoms with E-state index in [0.29, 0.717) is 0 Å². The molecule has 0 radical (unpaired) electrons. The van der Waals surface area contributed by atoms with Crippen molar-refractivity contribution in [1.29, 1.82) is 0 Å². The lowest BCUT2D eigenvalue weighted by molar-refractivity contribution is -0.385. The number of rotatable bonds is 7. The van der Waals surface area contributed by atoms with Gasteiger partial charge in [-0.1, -0.05) is 18.2 Å². The molecule has 0 bridgehead atoms. The van der Waals surface area contributed by atoms with Crippen LogP contribution in [-0.2, 0) is 22.4 Å². The predicted octanol–water partition coefficient (Wildman–Crippen LogP) is 3.52. The van der Waals surface area contributed by atoms with Gasteiger partial charge in [0.05, 0.1) is 23.6 Å². The van der Waals surface area contributed by atoms with E-state index in [1.54, 1.807) is 0 Å². The van der Waals surface area contributed by atoms with Crippen molar-refractivity contribution in [2.75, 3.05) is 13.7 Å². The fraction of sp³-hybridized carbons (Fsp3) is 0.364. The molecule has 3 rings (SSSR count). The highest BCUT2D eigenvalue weighted by atomic mass is 16.6. The number of methoxy groups -OCH3 is 1. The second-order valence-corrected chi connectivity index (χ2v) is 7.24. The molecule has 0 saturated carbocycles. The van der Waals surface area contributed by atoms with Gasteiger partial charge in [-0.25, -0.2) is 4.79 Å². The third kappa shape index (κ3) is 4.94. The smallest absolute Gasteiger partial charge is 0.338 e. The van der Waals surface area contributed by atoms with Gasteiger partial charge < -0.3 is 14.8 Å². The number of nitro groups is 1. The normalized spacial score (nSPS) is 13.7. The van der Waals surface area contributed by atoms with E-state index in [1.807, 2.05) is 13.0 Å². The highest BCUT2D eigenvalue weighted by Crippen LogP contribution is 2.28. The van der Waals surface area contributed by atoms with E-state index in [2.05, 4.69) is 22.2 Å². The maximum absolute atomic E-state index is 12.3. The summed E-state index contributed by atoms with van der Waals surface area (Å²) >= 11 is 0. The molecule has 2 aromatic carbocycles. The molecular formula is C22H24N2O6. The average Bonchev–Trinajstić information content (AvgIpc) is 2.76. The van der Waals surface area contributed by atoms with Crippen LogP contribution < -0.4 is 10.1 Å². The second-order valence-electron chi connectivity index (χ2n) is 7.24. The average molecular weight is 412 g/mol. The summed E-state index contributed by atoms with van der Waals surface area (Å²) in [7, 11) is 1.19. The first-order chi connectivity index (χ1) is 14.4. The summed E-state index contributed by atoms with van der Waals surface area (Å²) in [5.41, 5.74) is 3.33. The van der Waals surface area contributed by atoms with Crippen LogP contribution in [0.25, 0.3) is 0 Å². The lowest BCUT2D eigenvalue weighted by Crippen LogP contribution is -2.31. The zero-order valence-corrected chi connectivity index (χ0v) is 17.0. The molecule has 0 aromatic heterocycles. The number of hydrogen-bond acceptors (Lipinski definition) is 6. The lowest BCUT2D eigenvalue weighted by atomic mass is 9.89. The number of aryl methyl sites for hydroxylation is 2. The monoisotopic (exact) mass is 412 g/mol. The van der Waals surface area contributed by atoms with Crippen LogP contribution in [0.1, 0.15) is 52.9 Å². The van der Waals surface area contributed by atoms with Crippen LogP contribution in [0.3, 0.4) is 0 Å². The first-order valence-electron chi connectivity index (χ1n) is 9.79. The fourth-order valence-corrected chi connectivity index (χ4v) is 3.56. The van der Waals surface area contributed by atoms with Crippen LogP contribution in [0.2, 0.25) is 0 Å². The van der Waals surface area contributed by atoms with Crippen LogP contribution >= 0.6 is 0 Å². The minimum absolute atomic E-state index is 0.0297. The topological polar surface area (TPSA) is 108 Å². The standard InChI is InChI=1S/C22H24N2O6/c1-14(16-8-7-15-5-3-4-6-17(15)11-16)23-21(25)13-30-20-10-9-18(22(26)29-2)12-19(20)24(27)28/h7-12,14H,3-6,13H2,1-2H3,(H,23,25)/t14-/m0/s1. The molecule has 0 heterocycles. The van der Waals surface area contributed by atoms with Crippen LogP contribution in [0.15, 0.2) is 36.4 Å². The van der Waals surface area contributed by atoms with E-state index in [1.165, 1.54) is 43.2 Å². The SMILES string of the molecule is COC(=O)c1ccc(OCC(=O)N[C@@H](C)c2ccc3c(c2)CCCC3)c([N+](=O)[O-])c1. The Bertz CT molecular complexity index is 972. The summed E-state index contributed by atoms with van der Waals surface area (Å²) in [5.74, 6) is -1.18. The van der Waals surface area contributed by atoms with Crippen molar-refractivity contribution in [2.24, 2.45) is 0 Å². The van der Waals surface area contributed by atoms with Crippen LogP contribution in [-0.4, -0.2) is 30.5 Å². The maximum atomic E-state index is 12.3. The number of esters is 1. The number of nitrogens with one attached hydrogen (secondary N) is 1. The third-order valence-corrected chi connectivity index (χ3v) is 5.19. The summed E-state index contributed by atoms with van der Waals surface area (Å²) in [5, 5.41) is 14.1. The lowest BCUT2D eigenvalue weighted by Gasteiger charge is -2.20. The molecule has 1 N–H and O–H groups in total. The minimum atomic E-state index is -0.693. The molecule has 8 heteroatoms. The van der Waals surface area contributed by atoms with Crippen molar-refractivity contribution in [3.8, 4) is 5.75 Å². The zero-order valence-electron chi connectivity index (χ0n) is 17.0. The number of fused-ring (bicyclic) bond motifs is 1. The Kier molecular flexibility index (Phi) is 6.66. The number of amides is 1. The van der Waals surface area contributed by atoms with E-state index in [-0.39, 0.29) is 24.0 Å². The van der Waals surface area contributed by atoms with E-state index in [9.17, 15) is 19.7 Å². The van der Waals surface area contributed by atoms with E-state index >= 15 is 0 Å². The molecule has 0 spiro atoms. The van der Waals surface area contributed by atoms with Gasteiger partial charge >= 0.3 is 11.7 Å². The molecule has 158 valence electrons. The molecule has 1 aliphatic rings. The molecule has 8 nitrogen and oxygen atoms in total. The predicted molar refractivity (Wildman–Crippen MR) is 110 cm³/mol. The van der Waals surface area contributed by atoms with Gasteiger partial charge in [-0.05, 0) is 61.4 Å². The maximum Gasteiger partial charge on any atom is 0.338 e. The Morgan fingerprint density at radius 3 is 2.57 bits per heavy atom. The number of nitro benzene ring substituents is 1. The van der Waals surface area contributed by atoms with Gasteiger partial charge in [-0.3, -0.25) is 14.9 Å². The van der Waals surface area contributed by atoms with Gasteiger partial charge in [0.15, 0.2) is 12.4 Å². The number of carbonyl (C=O) groups is 2. The second kappa shape index (κ2) is 9.39. The number of carbonyl (C=O) groups excluding carboxylic acids is 2. The summed E-state index contributed by atoms with van der Waals surface area (Å²) in [4.78, 5) is 34.5. The van der Waals surface area contributed by atoms with Crippen molar-refractivity contribution in [2.45, 2.75) is 38.6 Å². The molecule has 0 unspecified atom stereocenters. The summed E-state index contributed by atoms with van der Waals surface area (Å²) in [6, 6.07) is 9.75. The summed E-state index contributed by atoms with van der Waals surface area (Å²) in [6.07, 6.45) is 4.54. The molecule has 1 aliphatic carbocycles. The van der Waals surface area contributed by atoms with E-state index in [0.717, 1.165) is 24.5 Å². The number of ether oxygens (including phenoxy) is 2. The van der Waals surface area contributed by atoms with Crippen LogP contribution in [0.5, 0.6) is 5.75 Å². The number of hydrogen-bond donors (Lipinski definition) is 1. The largest absolute Gasteiger partial charge is 0.477 e. The molecule has 1 atom stereocenters. The third-order valence-electron chi connectivity index (χ3n) is 5.19. The minimum Gasteiger partial charge on any atom is -0.477 e. The van der Waals surface area contributed by atoms with Gasteiger partial charge in [-0.2, -0.15) is 0 Å². The molecule has 0 aliphatic heterocycles. The Balaban J connectivity index is 1.63. The van der Waals surface area contributed by atoms with Gasteiger partial charge in [0.2, 0.25) is 0 Å². The molecule has 0 saturated heterocycles. The quantitative estimate of drug-likeness (QED) is 0.424. The molecule has 2 aromatic rings. The summed E-state index contributed by atoms with van der Waals surface area (Å²) in [6.45, 7) is 1.50. The van der Waals surface area contributed by atoms with E-state index in [4.69, 9.17) is 4.74 Å². The molecular weight excluding hydrogens is 388 g/mol. The first-order valence-corrected chi connectivity index (χ1v) is 9.79. The highest BCUT2D eigenvalue weighted by Gasteiger charge is 2.20. The number of nitrogens with zero attached hydrogens (tertiary/aromatic N) is 1. The van der Waals surface area contributed by atoms with Gasteiger partial charge in [0.25, 0.3) is 5.91 Å². The van der Waals surface area contributed by atoms with E-state index < -0.39 is 22.5 Å². The van der Waals surface area contributed by atoms with Crippen LogP contribution in [0, 0.1) is 10.1 Å². The highest BCUT2D eigenvalue weighted by molar-refractivity contribution is 5.90. The van der Waals surface area contributed by atoms with Crippen molar-refractivity contribution in [1.82, 2.24) is 5.32 Å². The van der Waals surface area contributed by atoms with Crippen LogP contribution in [0.4, 0.5) is 5.69 Å². The zero-order chi connectivity index (χ0) is 21.7. The number of benzene rings is 2. The van der Waals surface area contributed by atoms with Crippen molar-refractivity contribution >= 4 is 17.6 Å². The Morgan fingerprint density at radius 1 is 1.13 bits per heavy atom. The molecule has 30 heavy (non-hydrogen) atoms. The Morgan fingerprint density at radius 2 is 1.87 bits per heavy atom. The summed E-state index contributed by atoms with van der Waals surface area (Å²) < 4.78 is 9.91. The Labute approximate surface area is 174 Å². The molecule has 0 fully saturated rings. The van der Waals surface area contributed by atoms with Crippen molar-refractivity contribution in [3.05, 3.63) is 68.8 Å². The van der Waals surface area contributed by atoms with Crippen molar-refractivity contribution < 1.29 is 24.0 Å². The van der Waals surface area contributed by atoms with Gasteiger partial charge in [0, 0.05) is 6.07 Å². The molecule has 1 amide bonds. The fourth-order valence-electron chi connectivity index (χ4n) is 3.56. The Hall–Kier alpha value is -3.42.